The molecule has 2 rings (SSSR count). The number of urea groups is 1. The Morgan fingerprint density at radius 3 is 2.41 bits per heavy atom. The Morgan fingerprint density at radius 1 is 1.09 bits per heavy atom. The third kappa shape index (κ3) is 3.98. The first kappa shape index (κ1) is 15.8. The van der Waals surface area contributed by atoms with Crippen LogP contribution in [0.4, 0.5) is 16.2 Å². The molecule has 0 aliphatic carbocycles. The molecular weight excluding hydrogens is 350 g/mol. The molecule has 4 N–H and O–H groups in total. The highest BCUT2D eigenvalue weighted by Gasteiger charge is 2.12. The van der Waals surface area contributed by atoms with E-state index in [9.17, 15) is 9.59 Å². The Hall–Kier alpha value is -2.54. The summed E-state index contributed by atoms with van der Waals surface area (Å²) in [7, 11) is 1.53. The van der Waals surface area contributed by atoms with Gasteiger partial charge in [-0.05, 0) is 52.3 Å². The Morgan fingerprint density at radius 2 is 1.77 bits per heavy atom. The average Bonchev–Trinajstić information content (AvgIpc) is 2.47. The highest BCUT2D eigenvalue weighted by molar-refractivity contribution is 9.10. The molecule has 0 unspecified atom stereocenters. The summed E-state index contributed by atoms with van der Waals surface area (Å²) in [5.41, 5.74) is 6.53. The fourth-order valence-corrected chi connectivity index (χ4v) is 2.25. The molecule has 0 atom stereocenters. The summed E-state index contributed by atoms with van der Waals surface area (Å²) in [5.74, 6) is 0.277. The highest BCUT2D eigenvalue weighted by Crippen LogP contribution is 2.24. The molecule has 2 aromatic carbocycles. The summed E-state index contributed by atoms with van der Waals surface area (Å²) in [6.07, 6.45) is 0. The van der Waals surface area contributed by atoms with Crippen molar-refractivity contribution in [2.24, 2.45) is 5.73 Å². The van der Waals surface area contributed by atoms with Crippen molar-refractivity contribution in [3.05, 3.63) is 52.5 Å². The molecule has 0 saturated carbocycles. The van der Waals surface area contributed by atoms with Crippen LogP contribution in [-0.4, -0.2) is 19.0 Å². The van der Waals surface area contributed by atoms with Crippen LogP contribution < -0.4 is 21.1 Å². The molecule has 0 aliphatic heterocycles. The lowest BCUT2D eigenvalue weighted by Crippen LogP contribution is -2.19. The van der Waals surface area contributed by atoms with E-state index in [0.717, 1.165) is 0 Å². The fraction of sp³-hybridized carbons (Fsp3) is 0.0667. The second-order valence-electron chi connectivity index (χ2n) is 4.37. The van der Waals surface area contributed by atoms with Crippen LogP contribution in [0.5, 0.6) is 5.75 Å². The molecular formula is C15H14BrN3O3. The molecule has 0 spiro atoms. The van der Waals surface area contributed by atoms with Crippen LogP contribution in [0.1, 0.15) is 10.4 Å². The van der Waals surface area contributed by atoms with E-state index in [-0.39, 0.29) is 5.91 Å². The van der Waals surface area contributed by atoms with E-state index in [1.54, 1.807) is 42.5 Å². The van der Waals surface area contributed by atoms with Crippen molar-refractivity contribution in [2.75, 3.05) is 17.7 Å². The van der Waals surface area contributed by atoms with Gasteiger partial charge in [0.2, 0.25) is 0 Å². The number of anilines is 2. The van der Waals surface area contributed by atoms with Crippen molar-refractivity contribution in [2.45, 2.75) is 0 Å². The number of primary amides is 1. The van der Waals surface area contributed by atoms with Crippen molar-refractivity contribution in [1.29, 1.82) is 0 Å². The molecule has 0 saturated heterocycles. The van der Waals surface area contributed by atoms with Gasteiger partial charge in [0.15, 0.2) is 0 Å². The number of amides is 3. The molecule has 0 aromatic heterocycles. The van der Waals surface area contributed by atoms with Gasteiger partial charge in [-0.25, -0.2) is 4.79 Å². The van der Waals surface area contributed by atoms with Crippen molar-refractivity contribution in [3.8, 4) is 5.75 Å². The number of halogens is 1. The van der Waals surface area contributed by atoms with Crippen molar-refractivity contribution >= 4 is 39.2 Å². The Bertz CT molecular complexity index is 719. The van der Waals surface area contributed by atoms with Gasteiger partial charge >= 0.3 is 6.03 Å². The molecule has 0 bridgehead atoms. The van der Waals surface area contributed by atoms with Crippen LogP contribution >= 0.6 is 15.9 Å². The van der Waals surface area contributed by atoms with Crippen LogP contribution in [0.25, 0.3) is 0 Å². The van der Waals surface area contributed by atoms with Gasteiger partial charge in [-0.15, -0.1) is 0 Å². The maximum atomic E-state index is 12.3. The normalized spacial score (nSPS) is 9.91. The van der Waals surface area contributed by atoms with Crippen LogP contribution in [0, 0.1) is 0 Å². The first-order chi connectivity index (χ1) is 10.5. The fourth-order valence-electron chi connectivity index (χ4n) is 1.82. The van der Waals surface area contributed by atoms with Crippen LogP contribution in [0.2, 0.25) is 0 Å². The maximum absolute atomic E-state index is 12.3. The Kier molecular flexibility index (Phi) is 5.00. The second kappa shape index (κ2) is 6.95. The van der Waals surface area contributed by atoms with E-state index in [4.69, 9.17) is 10.5 Å². The Labute approximate surface area is 135 Å². The van der Waals surface area contributed by atoms with Crippen LogP contribution in [0.3, 0.4) is 0 Å². The third-order valence-corrected chi connectivity index (χ3v) is 3.50. The lowest BCUT2D eigenvalue weighted by Gasteiger charge is -2.10. The van der Waals surface area contributed by atoms with Crippen molar-refractivity contribution in [3.63, 3.8) is 0 Å². The molecule has 0 heterocycles. The summed E-state index contributed by atoms with van der Waals surface area (Å²) in [5, 5.41) is 5.19. The number of carbonyl (C=O) groups excluding carboxylic acids is 2. The maximum Gasteiger partial charge on any atom is 0.316 e. The topological polar surface area (TPSA) is 93.4 Å². The number of nitrogens with one attached hydrogen (secondary N) is 2. The molecule has 0 fully saturated rings. The van der Waals surface area contributed by atoms with E-state index < -0.39 is 6.03 Å². The van der Waals surface area contributed by atoms with Gasteiger partial charge < -0.3 is 21.1 Å². The lowest BCUT2D eigenvalue weighted by molar-refractivity contribution is 0.102. The monoisotopic (exact) mass is 363 g/mol. The van der Waals surface area contributed by atoms with Crippen LogP contribution in [-0.2, 0) is 0 Å². The predicted molar refractivity (Wildman–Crippen MR) is 88.3 cm³/mol. The van der Waals surface area contributed by atoms with Gasteiger partial charge in [-0.3, -0.25) is 4.79 Å². The van der Waals surface area contributed by atoms with E-state index in [0.29, 0.717) is 27.2 Å². The molecule has 0 aliphatic rings. The van der Waals surface area contributed by atoms with E-state index >= 15 is 0 Å². The molecule has 6 nitrogen and oxygen atoms in total. The first-order valence-corrected chi connectivity index (χ1v) is 7.10. The third-order valence-electron chi connectivity index (χ3n) is 2.81. The summed E-state index contributed by atoms with van der Waals surface area (Å²) in [4.78, 5) is 23.2. The molecule has 2 aromatic rings. The highest BCUT2D eigenvalue weighted by atomic mass is 79.9. The molecule has 3 amide bonds. The zero-order valence-corrected chi connectivity index (χ0v) is 13.3. The number of nitrogens with two attached hydrogens (primary N) is 1. The van der Waals surface area contributed by atoms with Gasteiger partial charge in [0.25, 0.3) is 5.91 Å². The SMILES string of the molecule is COc1ccc(Br)c(C(=O)Nc2cccc(NC(N)=O)c2)c1. The summed E-state index contributed by atoms with van der Waals surface area (Å²) < 4.78 is 5.76. The van der Waals surface area contributed by atoms with Crippen molar-refractivity contribution in [1.82, 2.24) is 0 Å². The zero-order valence-electron chi connectivity index (χ0n) is 11.7. The van der Waals surface area contributed by atoms with E-state index in [1.165, 1.54) is 7.11 Å². The number of rotatable bonds is 4. The molecule has 114 valence electrons. The van der Waals surface area contributed by atoms with E-state index in [2.05, 4.69) is 26.6 Å². The predicted octanol–water partition coefficient (Wildman–Crippen LogP) is 3.20. The number of benzene rings is 2. The number of hydrogen-bond acceptors (Lipinski definition) is 3. The second-order valence-corrected chi connectivity index (χ2v) is 5.22. The standard InChI is InChI=1S/C15H14BrN3O3/c1-22-11-5-6-13(16)12(8-11)14(20)18-9-3-2-4-10(7-9)19-15(17)21/h2-8H,1H3,(H,18,20)(H3,17,19,21). The minimum Gasteiger partial charge on any atom is -0.497 e. The number of methoxy groups -OCH3 is 1. The van der Waals surface area contributed by atoms with Crippen molar-refractivity contribution < 1.29 is 14.3 Å². The van der Waals surface area contributed by atoms with Gasteiger partial charge in [0, 0.05) is 15.8 Å². The largest absolute Gasteiger partial charge is 0.497 e. The number of ether oxygens (including phenoxy) is 1. The number of hydrogen-bond donors (Lipinski definition) is 3. The minimum absolute atomic E-state index is 0.304. The lowest BCUT2D eigenvalue weighted by atomic mass is 10.2. The summed E-state index contributed by atoms with van der Waals surface area (Å²) >= 11 is 3.33. The summed E-state index contributed by atoms with van der Waals surface area (Å²) in [6, 6.07) is 11.1. The molecule has 7 heteroatoms. The van der Waals surface area contributed by atoms with E-state index in [1.807, 2.05) is 0 Å². The van der Waals surface area contributed by atoms with Crippen LogP contribution in [0.15, 0.2) is 46.9 Å². The van der Waals surface area contributed by atoms with Gasteiger partial charge in [0.1, 0.15) is 5.75 Å². The first-order valence-electron chi connectivity index (χ1n) is 6.31. The Balaban J connectivity index is 2.20. The number of carbonyl (C=O) groups is 2. The smallest absolute Gasteiger partial charge is 0.316 e. The zero-order chi connectivity index (χ0) is 16.1. The van der Waals surface area contributed by atoms with Gasteiger partial charge in [-0.1, -0.05) is 6.07 Å². The molecule has 0 radical (unpaired) electrons. The minimum atomic E-state index is -0.668. The quantitative estimate of drug-likeness (QED) is 0.778. The summed E-state index contributed by atoms with van der Waals surface area (Å²) in [6.45, 7) is 0. The molecule has 22 heavy (non-hydrogen) atoms. The van der Waals surface area contributed by atoms with Gasteiger partial charge in [0.05, 0.1) is 12.7 Å². The average molecular weight is 364 g/mol. The van der Waals surface area contributed by atoms with Gasteiger partial charge in [-0.2, -0.15) is 0 Å².